The maximum absolute atomic E-state index is 8.43. The summed E-state index contributed by atoms with van der Waals surface area (Å²) in [5, 5.41) is 7.36. The van der Waals surface area contributed by atoms with Gasteiger partial charge in [-0.2, -0.15) is 0 Å². The monoisotopic (exact) mass is 542 g/mol. The molecule has 3 aromatic rings. The van der Waals surface area contributed by atoms with Crippen LogP contribution in [0.25, 0.3) is 10.4 Å². The quantitative estimate of drug-likeness (QED) is 0.113. The Morgan fingerprint density at radius 2 is 1.62 bits per heavy atom. The molecule has 3 atom stereocenters. The Kier molecular flexibility index (Phi) is 11.5. The smallest absolute Gasteiger partial charge is 0.0858 e. The van der Waals surface area contributed by atoms with Gasteiger partial charge in [0.05, 0.1) is 32.6 Å². The van der Waals surface area contributed by atoms with Gasteiger partial charge in [-0.25, -0.2) is 0 Å². The third kappa shape index (κ3) is 8.63. The van der Waals surface area contributed by atoms with Crippen molar-refractivity contribution in [3.8, 4) is 0 Å². The fourth-order valence-corrected chi connectivity index (χ4v) is 5.58. The highest BCUT2D eigenvalue weighted by molar-refractivity contribution is 5.22. The highest BCUT2D eigenvalue weighted by Crippen LogP contribution is 2.34. The molecule has 40 heavy (non-hydrogen) atoms. The molecule has 0 radical (unpaired) electrons. The van der Waals surface area contributed by atoms with Crippen LogP contribution in [0.1, 0.15) is 35.8 Å². The summed E-state index contributed by atoms with van der Waals surface area (Å²) in [7, 11) is 2.19. The van der Waals surface area contributed by atoms with Gasteiger partial charge in [0.25, 0.3) is 0 Å². The van der Waals surface area contributed by atoms with E-state index in [2.05, 4.69) is 130 Å². The van der Waals surface area contributed by atoms with Crippen molar-refractivity contribution in [3.63, 3.8) is 0 Å². The number of benzene rings is 3. The lowest BCUT2D eigenvalue weighted by Crippen LogP contribution is -2.60. The minimum absolute atomic E-state index is 0.136. The number of hydrogen-bond acceptors (Lipinski definition) is 6. The molecule has 8 heteroatoms. The first-order valence-electron chi connectivity index (χ1n) is 14.1. The second-order valence-corrected chi connectivity index (χ2v) is 10.7. The van der Waals surface area contributed by atoms with Gasteiger partial charge in [0, 0.05) is 49.1 Å². The molecule has 1 N–H and O–H groups in total. The standard InChI is InChI=1S/C32H42N6O2/c1-27(29-14-8-4-9-15-29)38(22-28-12-6-3-7-13-28)25-32(26-40-21-20-39-19-18-35-36-33)23-34-31(37(2)24-32)30-16-10-5-11-17-30/h3-17,27,31,34H,18-26H2,1-2H3. The molecule has 4 rings (SSSR count). The Hall–Kier alpha value is -3.23. The lowest BCUT2D eigenvalue weighted by molar-refractivity contribution is -0.0542. The molecule has 1 saturated heterocycles. The first-order chi connectivity index (χ1) is 19.6. The Balaban J connectivity index is 1.52. The molecule has 212 valence electrons. The Morgan fingerprint density at radius 3 is 2.30 bits per heavy atom. The van der Waals surface area contributed by atoms with Crippen molar-refractivity contribution in [1.82, 2.24) is 15.1 Å². The molecule has 3 aromatic carbocycles. The van der Waals surface area contributed by atoms with Crippen molar-refractivity contribution in [3.05, 3.63) is 118 Å². The van der Waals surface area contributed by atoms with Crippen LogP contribution in [0.2, 0.25) is 0 Å². The lowest BCUT2D eigenvalue weighted by atomic mass is 9.83. The highest BCUT2D eigenvalue weighted by Gasteiger charge is 2.41. The lowest BCUT2D eigenvalue weighted by Gasteiger charge is -2.49. The van der Waals surface area contributed by atoms with Gasteiger partial charge in [-0.15, -0.1) is 0 Å². The minimum Gasteiger partial charge on any atom is -0.379 e. The van der Waals surface area contributed by atoms with Gasteiger partial charge in [0.1, 0.15) is 0 Å². The Bertz CT molecular complexity index is 1180. The van der Waals surface area contributed by atoms with Crippen molar-refractivity contribution >= 4 is 0 Å². The molecular formula is C32H42N6O2. The van der Waals surface area contributed by atoms with Crippen LogP contribution in [0.4, 0.5) is 0 Å². The first kappa shape index (κ1) is 29.7. The minimum atomic E-state index is -0.136. The molecule has 8 nitrogen and oxygen atoms in total. The van der Waals surface area contributed by atoms with Crippen LogP contribution in [-0.4, -0.2) is 69.5 Å². The molecule has 3 unspecified atom stereocenters. The van der Waals surface area contributed by atoms with Gasteiger partial charge in [-0.3, -0.25) is 15.1 Å². The van der Waals surface area contributed by atoms with Crippen LogP contribution >= 0.6 is 0 Å². The maximum atomic E-state index is 8.43. The van der Waals surface area contributed by atoms with E-state index in [4.69, 9.17) is 15.0 Å². The number of nitrogens with one attached hydrogen (secondary N) is 1. The fourth-order valence-electron chi connectivity index (χ4n) is 5.58. The largest absolute Gasteiger partial charge is 0.379 e. The highest BCUT2D eigenvalue weighted by atomic mass is 16.5. The average molecular weight is 543 g/mol. The van der Waals surface area contributed by atoms with Crippen LogP contribution in [0.5, 0.6) is 0 Å². The van der Waals surface area contributed by atoms with Gasteiger partial charge in [-0.1, -0.05) is 96.1 Å². The molecule has 0 amide bonds. The van der Waals surface area contributed by atoms with E-state index in [-0.39, 0.29) is 17.6 Å². The third-order valence-corrected chi connectivity index (χ3v) is 7.59. The number of hydrogen-bond donors (Lipinski definition) is 1. The summed E-state index contributed by atoms with van der Waals surface area (Å²) in [6.07, 6.45) is 0.160. The number of nitrogens with zero attached hydrogens (tertiary/aromatic N) is 5. The van der Waals surface area contributed by atoms with Crippen LogP contribution in [-0.2, 0) is 16.0 Å². The van der Waals surface area contributed by atoms with Gasteiger partial charge >= 0.3 is 0 Å². The summed E-state index contributed by atoms with van der Waals surface area (Å²) in [5.74, 6) is 0. The summed E-state index contributed by atoms with van der Waals surface area (Å²) in [6.45, 7) is 8.07. The second kappa shape index (κ2) is 15.5. The third-order valence-electron chi connectivity index (χ3n) is 7.59. The number of rotatable bonds is 15. The van der Waals surface area contributed by atoms with Crippen LogP contribution in [0.15, 0.2) is 96.1 Å². The topological polar surface area (TPSA) is 85.7 Å². The van der Waals surface area contributed by atoms with Gasteiger partial charge in [0.15, 0.2) is 0 Å². The van der Waals surface area contributed by atoms with E-state index < -0.39 is 0 Å². The van der Waals surface area contributed by atoms with Gasteiger partial charge < -0.3 is 9.47 Å². The molecule has 0 aliphatic carbocycles. The van der Waals surface area contributed by atoms with Crippen molar-refractivity contribution in [2.45, 2.75) is 25.7 Å². The SMILES string of the molecule is CC(c1ccccc1)N(Cc1ccccc1)CC1(COCCOCCN=[N+]=[N-])CNC(c2ccccc2)N(C)C1. The average Bonchev–Trinajstić information content (AvgIpc) is 2.99. The first-order valence-corrected chi connectivity index (χ1v) is 14.1. The van der Waals surface area contributed by atoms with E-state index in [1.807, 2.05) is 0 Å². The van der Waals surface area contributed by atoms with E-state index in [1.54, 1.807) is 0 Å². The van der Waals surface area contributed by atoms with Crippen molar-refractivity contribution < 1.29 is 9.47 Å². The molecule has 1 aliphatic heterocycles. The molecule has 0 bridgehead atoms. The molecule has 0 aromatic heterocycles. The second-order valence-electron chi connectivity index (χ2n) is 10.7. The zero-order valence-corrected chi connectivity index (χ0v) is 23.7. The van der Waals surface area contributed by atoms with Crippen LogP contribution in [0, 0.1) is 5.41 Å². The predicted molar refractivity (Wildman–Crippen MR) is 160 cm³/mol. The van der Waals surface area contributed by atoms with Crippen molar-refractivity contribution in [2.75, 3.05) is 59.7 Å². The van der Waals surface area contributed by atoms with Gasteiger partial charge in [-0.05, 0) is 36.2 Å². The van der Waals surface area contributed by atoms with Crippen molar-refractivity contribution in [1.29, 1.82) is 0 Å². The maximum Gasteiger partial charge on any atom is 0.0858 e. The molecule has 0 saturated carbocycles. The summed E-state index contributed by atoms with van der Waals surface area (Å²) in [4.78, 5) is 7.76. The van der Waals surface area contributed by atoms with E-state index in [0.717, 1.165) is 26.2 Å². The molecular weight excluding hydrogens is 500 g/mol. The number of azide groups is 1. The van der Waals surface area contributed by atoms with Gasteiger partial charge in [0.2, 0.25) is 0 Å². The number of ether oxygens (including phenoxy) is 2. The van der Waals surface area contributed by atoms with Crippen LogP contribution < -0.4 is 5.32 Å². The zero-order valence-electron chi connectivity index (χ0n) is 23.7. The van der Waals surface area contributed by atoms with E-state index in [0.29, 0.717) is 33.0 Å². The summed E-state index contributed by atoms with van der Waals surface area (Å²) in [6, 6.07) is 32.3. The fraction of sp³-hybridized carbons (Fsp3) is 0.438. The molecule has 1 aliphatic rings. The Morgan fingerprint density at radius 1 is 0.975 bits per heavy atom. The van der Waals surface area contributed by atoms with E-state index in [9.17, 15) is 0 Å². The van der Waals surface area contributed by atoms with E-state index in [1.165, 1.54) is 16.7 Å². The molecule has 1 heterocycles. The molecule has 1 fully saturated rings. The van der Waals surface area contributed by atoms with E-state index >= 15 is 0 Å². The summed E-state index contributed by atoms with van der Waals surface area (Å²) in [5.41, 5.74) is 12.2. The summed E-state index contributed by atoms with van der Waals surface area (Å²) >= 11 is 0. The zero-order chi connectivity index (χ0) is 28.0. The van der Waals surface area contributed by atoms with Crippen molar-refractivity contribution in [2.24, 2.45) is 10.5 Å². The Labute approximate surface area is 238 Å². The van der Waals surface area contributed by atoms with Crippen LogP contribution in [0.3, 0.4) is 0 Å². The summed E-state index contributed by atoms with van der Waals surface area (Å²) < 4.78 is 11.9. The predicted octanol–water partition coefficient (Wildman–Crippen LogP) is 5.81. The molecule has 0 spiro atoms. The normalized spacial score (nSPS) is 20.2.